The van der Waals surface area contributed by atoms with Crippen molar-refractivity contribution in [2.75, 3.05) is 39.9 Å². The molecular weight excluding hydrogens is 392 g/mol. The fourth-order valence-corrected chi connectivity index (χ4v) is 5.86. The Morgan fingerprint density at radius 3 is 2.93 bits per heavy atom. The standard InChI is InChI=1S/C21H24N2O5S/c1-23-8-7-11-9-13-17(28-10-27-13)18(25-2)15(11)19(23)22-20-16(21(24)26-3)12-5-4-6-14(12)29-20/h9,19,22H,4-8,10H2,1-3H3/t19-/m0/s1. The van der Waals surface area contributed by atoms with Crippen molar-refractivity contribution in [2.24, 2.45) is 0 Å². The predicted molar refractivity (Wildman–Crippen MR) is 109 cm³/mol. The SMILES string of the molecule is COC(=O)c1c(N[C@@H]2c3c(cc4c(c3OC)OCO4)CCN2C)sc2c1CCC2. The van der Waals surface area contributed by atoms with E-state index in [4.69, 9.17) is 18.9 Å². The van der Waals surface area contributed by atoms with Gasteiger partial charge in [0.25, 0.3) is 0 Å². The number of carbonyl (C=O) groups is 1. The van der Waals surface area contributed by atoms with Crippen LogP contribution in [0, 0.1) is 0 Å². The Bertz CT molecular complexity index is 986. The van der Waals surface area contributed by atoms with Crippen LogP contribution in [-0.4, -0.2) is 45.5 Å². The molecule has 3 heterocycles. The van der Waals surface area contributed by atoms with E-state index in [9.17, 15) is 4.79 Å². The molecule has 29 heavy (non-hydrogen) atoms. The van der Waals surface area contributed by atoms with Crippen LogP contribution in [-0.2, 0) is 24.0 Å². The first kappa shape index (κ1) is 18.6. The van der Waals surface area contributed by atoms with Gasteiger partial charge in [-0.15, -0.1) is 11.3 Å². The van der Waals surface area contributed by atoms with Crippen LogP contribution in [0.1, 0.15) is 44.5 Å². The molecular formula is C21H24N2O5S. The first-order valence-electron chi connectivity index (χ1n) is 9.81. The molecule has 0 saturated carbocycles. The summed E-state index contributed by atoms with van der Waals surface area (Å²) in [7, 11) is 5.17. The van der Waals surface area contributed by atoms with Gasteiger partial charge in [0.15, 0.2) is 11.5 Å². The summed E-state index contributed by atoms with van der Waals surface area (Å²) in [6.45, 7) is 1.08. The van der Waals surface area contributed by atoms with Gasteiger partial charge in [-0.05, 0) is 49.9 Å². The third-order valence-electron chi connectivity index (χ3n) is 5.97. The van der Waals surface area contributed by atoms with Gasteiger partial charge in [-0.1, -0.05) is 0 Å². The average molecular weight is 416 g/mol. The lowest BCUT2D eigenvalue weighted by Gasteiger charge is -2.36. The van der Waals surface area contributed by atoms with E-state index < -0.39 is 0 Å². The fraction of sp³-hybridized carbons (Fsp3) is 0.476. The Hall–Kier alpha value is -2.45. The number of rotatable bonds is 4. The number of hydrogen-bond acceptors (Lipinski definition) is 8. The summed E-state index contributed by atoms with van der Waals surface area (Å²) in [6, 6.07) is 2.05. The van der Waals surface area contributed by atoms with E-state index in [-0.39, 0.29) is 18.9 Å². The zero-order chi connectivity index (χ0) is 20.1. The zero-order valence-corrected chi connectivity index (χ0v) is 17.6. The molecule has 0 unspecified atom stereocenters. The fourth-order valence-electron chi connectivity index (χ4n) is 4.56. The van der Waals surface area contributed by atoms with Crippen molar-refractivity contribution >= 4 is 22.3 Å². The van der Waals surface area contributed by atoms with Crippen LogP contribution in [0.15, 0.2) is 6.07 Å². The highest BCUT2D eigenvalue weighted by atomic mass is 32.1. The highest BCUT2D eigenvalue weighted by Crippen LogP contribution is 2.50. The van der Waals surface area contributed by atoms with E-state index in [1.165, 1.54) is 17.6 Å². The molecule has 1 aromatic heterocycles. The molecule has 1 N–H and O–H groups in total. The van der Waals surface area contributed by atoms with E-state index in [1.807, 2.05) is 0 Å². The molecule has 0 amide bonds. The van der Waals surface area contributed by atoms with Gasteiger partial charge < -0.3 is 24.3 Å². The van der Waals surface area contributed by atoms with Crippen molar-refractivity contribution in [3.05, 3.63) is 33.2 Å². The Kier molecular flexibility index (Phi) is 4.55. The van der Waals surface area contributed by atoms with Crippen LogP contribution in [0.25, 0.3) is 0 Å². The monoisotopic (exact) mass is 416 g/mol. The highest BCUT2D eigenvalue weighted by Gasteiger charge is 2.36. The molecule has 0 saturated heterocycles. The van der Waals surface area contributed by atoms with Gasteiger partial charge in [0.05, 0.1) is 19.8 Å². The number of hydrogen-bond donors (Lipinski definition) is 1. The van der Waals surface area contributed by atoms with Gasteiger partial charge in [-0.3, -0.25) is 4.90 Å². The highest BCUT2D eigenvalue weighted by molar-refractivity contribution is 7.16. The van der Waals surface area contributed by atoms with Gasteiger partial charge in [-0.25, -0.2) is 4.79 Å². The summed E-state index contributed by atoms with van der Waals surface area (Å²) in [5.74, 6) is 1.80. The van der Waals surface area contributed by atoms with Gasteiger partial charge in [0.2, 0.25) is 12.5 Å². The molecule has 3 aliphatic rings. The van der Waals surface area contributed by atoms with Gasteiger partial charge >= 0.3 is 5.97 Å². The van der Waals surface area contributed by atoms with Crippen LogP contribution in [0.4, 0.5) is 5.00 Å². The number of ether oxygens (including phenoxy) is 4. The number of likely N-dealkylation sites (N-methyl/N-ethyl adjacent to an activating group) is 1. The molecule has 0 spiro atoms. The third kappa shape index (κ3) is 2.85. The summed E-state index contributed by atoms with van der Waals surface area (Å²) >= 11 is 1.67. The van der Waals surface area contributed by atoms with Crippen LogP contribution < -0.4 is 19.5 Å². The minimum atomic E-state index is -0.275. The van der Waals surface area contributed by atoms with Crippen LogP contribution in [0.3, 0.4) is 0 Å². The maximum atomic E-state index is 12.6. The Balaban J connectivity index is 1.60. The van der Waals surface area contributed by atoms with E-state index in [2.05, 4.69) is 23.3 Å². The lowest BCUT2D eigenvalue weighted by molar-refractivity contribution is 0.0601. The number of anilines is 1. The van der Waals surface area contributed by atoms with Crippen molar-refractivity contribution in [3.63, 3.8) is 0 Å². The lowest BCUT2D eigenvalue weighted by atomic mass is 9.95. The predicted octanol–water partition coefficient (Wildman–Crippen LogP) is 3.36. The number of thiophene rings is 1. The molecule has 1 aromatic carbocycles. The lowest BCUT2D eigenvalue weighted by Crippen LogP contribution is -2.37. The van der Waals surface area contributed by atoms with Gasteiger partial charge in [0.1, 0.15) is 11.2 Å². The maximum Gasteiger partial charge on any atom is 0.341 e. The second-order valence-corrected chi connectivity index (χ2v) is 8.65. The molecule has 1 atom stereocenters. The second kappa shape index (κ2) is 7.11. The second-order valence-electron chi connectivity index (χ2n) is 7.55. The van der Waals surface area contributed by atoms with Crippen molar-refractivity contribution in [1.29, 1.82) is 0 Å². The molecule has 1 aliphatic carbocycles. The van der Waals surface area contributed by atoms with E-state index in [0.717, 1.165) is 54.1 Å². The average Bonchev–Trinajstić information content (AvgIpc) is 3.43. The number of benzene rings is 1. The quantitative estimate of drug-likeness (QED) is 0.767. The molecule has 0 radical (unpaired) electrons. The number of carbonyl (C=O) groups excluding carboxylic acids is 1. The molecule has 5 rings (SSSR count). The van der Waals surface area contributed by atoms with Gasteiger partial charge in [-0.2, -0.15) is 0 Å². The normalized spacial score (nSPS) is 19.6. The minimum Gasteiger partial charge on any atom is -0.492 e. The first-order valence-corrected chi connectivity index (χ1v) is 10.6. The topological polar surface area (TPSA) is 69.3 Å². The summed E-state index contributed by atoms with van der Waals surface area (Å²) in [4.78, 5) is 16.1. The number of methoxy groups -OCH3 is 2. The van der Waals surface area contributed by atoms with E-state index >= 15 is 0 Å². The molecule has 7 nitrogen and oxygen atoms in total. The summed E-state index contributed by atoms with van der Waals surface area (Å²) in [5.41, 5.74) is 4.03. The molecule has 2 aliphatic heterocycles. The number of nitrogens with one attached hydrogen (secondary N) is 1. The van der Waals surface area contributed by atoms with E-state index in [0.29, 0.717) is 17.1 Å². The summed E-state index contributed by atoms with van der Waals surface area (Å²) in [5, 5.41) is 4.50. The third-order valence-corrected chi connectivity index (χ3v) is 7.20. The number of esters is 1. The minimum absolute atomic E-state index is 0.148. The van der Waals surface area contributed by atoms with Crippen molar-refractivity contribution in [3.8, 4) is 17.2 Å². The summed E-state index contributed by atoms with van der Waals surface area (Å²) < 4.78 is 22.2. The van der Waals surface area contributed by atoms with Crippen molar-refractivity contribution in [2.45, 2.75) is 31.8 Å². The Morgan fingerprint density at radius 1 is 1.28 bits per heavy atom. The Labute approximate surface area is 173 Å². The zero-order valence-electron chi connectivity index (χ0n) is 16.8. The molecule has 2 aromatic rings. The van der Waals surface area contributed by atoms with Crippen molar-refractivity contribution < 1.29 is 23.7 Å². The number of nitrogens with zero attached hydrogens (tertiary/aromatic N) is 1. The van der Waals surface area contributed by atoms with Crippen LogP contribution in [0.2, 0.25) is 0 Å². The van der Waals surface area contributed by atoms with Crippen LogP contribution >= 0.6 is 11.3 Å². The molecule has 154 valence electrons. The maximum absolute atomic E-state index is 12.6. The smallest absolute Gasteiger partial charge is 0.341 e. The number of aryl methyl sites for hydroxylation is 1. The number of fused-ring (bicyclic) bond motifs is 3. The summed E-state index contributed by atoms with van der Waals surface area (Å²) in [6.07, 6.45) is 3.78. The van der Waals surface area contributed by atoms with Crippen molar-refractivity contribution in [1.82, 2.24) is 4.90 Å². The van der Waals surface area contributed by atoms with Gasteiger partial charge in [0, 0.05) is 17.0 Å². The van der Waals surface area contributed by atoms with E-state index in [1.54, 1.807) is 18.4 Å². The molecule has 0 fully saturated rings. The molecule has 0 bridgehead atoms. The first-order chi connectivity index (χ1) is 14.1. The van der Waals surface area contributed by atoms with Crippen LogP contribution in [0.5, 0.6) is 17.2 Å². The largest absolute Gasteiger partial charge is 0.492 e. The Morgan fingerprint density at radius 2 is 2.14 bits per heavy atom. The molecule has 8 heteroatoms.